The molecule has 2 aromatic carbocycles. The van der Waals surface area contributed by atoms with E-state index in [2.05, 4.69) is 19.1 Å². The van der Waals surface area contributed by atoms with Crippen LogP contribution in [0.5, 0.6) is 5.75 Å². The maximum absolute atomic E-state index is 5.84. The summed E-state index contributed by atoms with van der Waals surface area (Å²) < 4.78 is 11.6. The smallest absolute Gasteiger partial charge is 0.146 e. The van der Waals surface area contributed by atoms with Crippen LogP contribution in [0.2, 0.25) is 0 Å². The maximum atomic E-state index is 5.84. The fourth-order valence-electron chi connectivity index (χ4n) is 2.20. The van der Waals surface area contributed by atoms with E-state index >= 15 is 0 Å². The minimum absolute atomic E-state index is 0.457. The van der Waals surface area contributed by atoms with Crippen molar-refractivity contribution >= 4 is 11.0 Å². The molecule has 0 atom stereocenters. The number of hydrogen-bond donors (Lipinski definition) is 0. The molecule has 1 heterocycles. The van der Waals surface area contributed by atoms with Crippen molar-refractivity contribution in [2.24, 2.45) is 0 Å². The maximum Gasteiger partial charge on any atom is 0.146 e. The predicted molar refractivity (Wildman–Crippen MR) is 76.5 cm³/mol. The molecule has 0 spiro atoms. The van der Waals surface area contributed by atoms with Crippen molar-refractivity contribution in [2.75, 3.05) is 0 Å². The van der Waals surface area contributed by atoms with Gasteiger partial charge in [0.2, 0.25) is 0 Å². The van der Waals surface area contributed by atoms with Crippen molar-refractivity contribution in [1.82, 2.24) is 0 Å². The molecule has 0 aliphatic heterocycles. The van der Waals surface area contributed by atoms with Gasteiger partial charge in [0.15, 0.2) is 0 Å². The minimum Gasteiger partial charge on any atom is -0.485 e. The monoisotopic (exact) mass is 252 g/mol. The van der Waals surface area contributed by atoms with Crippen LogP contribution in [0, 0.1) is 13.8 Å². The first-order valence-electron chi connectivity index (χ1n) is 6.40. The second-order valence-electron chi connectivity index (χ2n) is 4.76. The van der Waals surface area contributed by atoms with Gasteiger partial charge in [-0.25, -0.2) is 0 Å². The summed E-state index contributed by atoms with van der Waals surface area (Å²) in [7, 11) is 0. The lowest BCUT2D eigenvalue weighted by Gasteiger charge is -2.06. The molecule has 0 bridgehead atoms. The molecule has 19 heavy (non-hydrogen) atoms. The highest BCUT2D eigenvalue weighted by atomic mass is 16.5. The fraction of sp³-hybridized carbons (Fsp3) is 0.176. The van der Waals surface area contributed by atoms with Gasteiger partial charge in [-0.1, -0.05) is 36.4 Å². The van der Waals surface area contributed by atoms with E-state index in [1.807, 2.05) is 43.3 Å². The number of benzene rings is 2. The van der Waals surface area contributed by atoms with Gasteiger partial charge in [-0.15, -0.1) is 0 Å². The van der Waals surface area contributed by atoms with Gasteiger partial charge in [0.25, 0.3) is 0 Å². The Balaban J connectivity index is 1.83. The molecule has 3 aromatic rings. The first-order chi connectivity index (χ1) is 9.24. The van der Waals surface area contributed by atoms with E-state index in [9.17, 15) is 0 Å². The Labute approximate surface area is 112 Å². The van der Waals surface area contributed by atoms with E-state index in [-0.39, 0.29) is 0 Å². The number of fused-ring (bicyclic) bond motifs is 1. The molecular formula is C17H16O2. The summed E-state index contributed by atoms with van der Waals surface area (Å²) in [5, 5.41) is 1.13. The Morgan fingerprint density at radius 2 is 1.74 bits per heavy atom. The van der Waals surface area contributed by atoms with Gasteiger partial charge in [0, 0.05) is 5.39 Å². The average molecular weight is 252 g/mol. The van der Waals surface area contributed by atoms with E-state index in [1.54, 1.807) is 0 Å². The average Bonchev–Trinajstić information content (AvgIpc) is 2.82. The lowest BCUT2D eigenvalue weighted by molar-refractivity contribution is 0.272. The van der Waals surface area contributed by atoms with Crippen molar-refractivity contribution in [1.29, 1.82) is 0 Å². The van der Waals surface area contributed by atoms with Gasteiger partial charge in [-0.2, -0.15) is 0 Å². The summed E-state index contributed by atoms with van der Waals surface area (Å²) in [5.74, 6) is 1.76. The number of ether oxygens (including phenoxy) is 1. The molecule has 0 unspecified atom stereocenters. The van der Waals surface area contributed by atoms with Gasteiger partial charge in [0.1, 0.15) is 23.7 Å². The first kappa shape index (κ1) is 11.8. The molecular weight excluding hydrogens is 236 g/mol. The van der Waals surface area contributed by atoms with Crippen LogP contribution in [-0.4, -0.2) is 0 Å². The second kappa shape index (κ2) is 4.81. The van der Waals surface area contributed by atoms with Crippen LogP contribution in [0.25, 0.3) is 11.0 Å². The lowest BCUT2D eigenvalue weighted by atomic mass is 10.2. The SMILES string of the molecule is Cc1ccccc1OCc1cc2cccc(C)c2o1. The van der Waals surface area contributed by atoms with Crippen LogP contribution in [0.1, 0.15) is 16.9 Å². The van der Waals surface area contributed by atoms with Crippen molar-refractivity contribution in [2.45, 2.75) is 20.5 Å². The van der Waals surface area contributed by atoms with Crippen molar-refractivity contribution < 1.29 is 9.15 Å². The molecule has 3 rings (SSSR count). The summed E-state index contributed by atoms with van der Waals surface area (Å²) in [5.41, 5.74) is 3.24. The molecule has 0 saturated carbocycles. The second-order valence-corrected chi connectivity index (χ2v) is 4.76. The zero-order valence-electron chi connectivity index (χ0n) is 11.1. The van der Waals surface area contributed by atoms with Crippen LogP contribution in [0.4, 0.5) is 0 Å². The lowest BCUT2D eigenvalue weighted by Crippen LogP contribution is -1.95. The summed E-state index contributed by atoms with van der Waals surface area (Å²) in [6.45, 7) is 4.55. The summed E-state index contributed by atoms with van der Waals surface area (Å²) >= 11 is 0. The molecule has 0 N–H and O–H groups in total. The standard InChI is InChI=1S/C17H16O2/c1-12-6-3-4-9-16(12)18-11-15-10-14-8-5-7-13(2)17(14)19-15/h3-10H,11H2,1-2H3. The number of hydrogen-bond acceptors (Lipinski definition) is 2. The van der Waals surface area contributed by atoms with E-state index < -0.39 is 0 Å². The number of rotatable bonds is 3. The third kappa shape index (κ3) is 2.34. The molecule has 2 nitrogen and oxygen atoms in total. The zero-order valence-corrected chi connectivity index (χ0v) is 11.1. The Kier molecular flexibility index (Phi) is 3.00. The van der Waals surface area contributed by atoms with Crippen LogP contribution in [0.15, 0.2) is 52.9 Å². The van der Waals surface area contributed by atoms with Crippen molar-refractivity contribution in [3.63, 3.8) is 0 Å². The third-order valence-electron chi connectivity index (χ3n) is 3.26. The number of furan rings is 1. The van der Waals surface area contributed by atoms with E-state index in [0.29, 0.717) is 6.61 Å². The molecule has 0 saturated heterocycles. The van der Waals surface area contributed by atoms with Crippen LogP contribution < -0.4 is 4.74 Å². The van der Waals surface area contributed by atoms with Gasteiger partial charge >= 0.3 is 0 Å². The summed E-state index contributed by atoms with van der Waals surface area (Å²) in [4.78, 5) is 0. The van der Waals surface area contributed by atoms with Gasteiger partial charge in [-0.3, -0.25) is 0 Å². The molecule has 2 heteroatoms. The van der Waals surface area contributed by atoms with Crippen molar-refractivity contribution in [3.8, 4) is 5.75 Å². The highest BCUT2D eigenvalue weighted by Gasteiger charge is 2.07. The molecule has 0 aliphatic carbocycles. The largest absolute Gasteiger partial charge is 0.485 e. The Hall–Kier alpha value is -2.22. The Bertz CT molecular complexity index is 710. The highest BCUT2D eigenvalue weighted by molar-refractivity contribution is 5.80. The molecule has 0 aliphatic rings. The Morgan fingerprint density at radius 1 is 0.947 bits per heavy atom. The molecule has 0 radical (unpaired) electrons. The third-order valence-corrected chi connectivity index (χ3v) is 3.26. The van der Waals surface area contributed by atoms with Crippen molar-refractivity contribution in [3.05, 3.63) is 65.4 Å². The highest BCUT2D eigenvalue weighted by Crippen LogP contribution is 2.24. The zero-order chi connectivity index (χ0) is 13.2. The van der Waals surface area contributed by atoms with Gasteiger partial charge < -0.3 is 9.15 Å². The van der Waals surface area contributed by atoms with E-state index in [1.165, 1.54) is 0 Å². The predicted octanol–water partition coefficient (Wildman–Crippen LogP) is 4.63. The van der Waals surface area contributed by atoms with Crippen LogP contribution >= 0.6 is 0 Å². The van der Waals surface area contributed by atoms with E-state index in [4.69, 9.17) is 9.15 Å². The fourth-order valence-corrected chi connectivity index (χ4v) is 2.20. The molecule has 0 fully saturated rings. The molecule has 0 amide bonds. The number of aryl methyl sites for hydroxylation is 2. The normalized spacial score (nSPS) is 10.8. The summed E-state index contributed by atoms with van der Waals surface area (Å²) in [6.07, 6.45) is 0. The van der Waals surface area contributed by atoms with Crippen LogP contribution in [0.3, 0.4) is 0 Å². The number of para-hydroxylation sites is 2. The summed E-state index contributed by atoms with van der Waals surface area (Å²) in [6, 6.07) is 16.2. The first-order valence-corrected chi connectivity index (χ1v) is 6.40. The Morgan fingerprint density at radius 3 is 2.53 bits per heavy atom. The minimum atomic E-state index is 0.457. The van der Waals surface area contributed by atoms with Gasteiger partial charge in [0.05, 0.1) is 0 Å². The van der Waals surface area contributed by atoms with Gasteiger partial charge in [-0.05, 0) is 37.1 Å². The molecule has 1 aromatic heterocycles. The van der Waals surface area contributed by atoms with E-state index in [0.717, 1.165) is 33.6 Å². The molecule has 96 valence electrons. The quantitative estimate of drug-likeness (QED) is 0.678. The topological polar surface area (TPSA) is 22.4 Å². The van der Waals surface area contributed by atoms with Crippen LogP contribution in [-0.2, 0) is 6.61 Å².